The third-order valence-corrected chi connectivity index (χ3v) is 2.65. The van der Waals surface area contributed by atoms with Crippen LogP contribution in [0, 0.1) is 11.3 Å². The van der Waals surface area contributed by atoms with Gasteiger partial charge in [-0.15, -0.1) is 0 Å². The van der Waals surface area contributed by atoms with Crippen molar-refractivity contribution in [2.45, 2.75) is 26.3 Å². The van der Waals surface area contributed by atoms with Crippen LogP contribution >= 0.6 is 0 Å². The Labute approximate surface area is 101 Å². The number of benzene rings is 1. The predicted octanol–water partition coefficient (Wildman–Crippen LogP) is 1.29. The molecule has 0 spiro atoms. The number of nitriles is 1. The number of nitrogens with two attached hydrogens (primary N) is 1. The largest absolute Gasteiger partial charge is 0.469 e. The normalized spacial score (nSPS) is 9.76. The summed E-state index contributed by atoms with van der Waals surface area (Å²) in [6.07, 6.45) is 0.852. The maximum Gasteiger partial charge on any atom is 0.310 e. The van der Waals surface area contributed by atoms with E-state index in [2.05, 4.69) is 10.8 Å². The lowest BCUT2D eigenvalue weighted by molar-refractivity contribution is -0.139. The monoisotopic (exact) mass is 232 g/mol. The first kappa shape index (κ1) is 13.2. The van der Waals surface area contributed by atoms with Crippen molar-refractivity contribution in [3.05, 3.63) is 34.4 Å². The van der Waals surface area contributed by atoms with E-state index < -0.39 is 0 Å². The summed E-state index contributed by atoms with van der Waals surface area (Å²) in [5, 5.41) is 9.15. The van der Waals surface area contributed by atoms with E-state index in [1.165, 1.54) is 7.11 Å². The summed E-state index contributed by atoms with van der Waals surface area (Å²) in [6, 6.07) is 5.86. The van der Waals surface area contributed by atoms with Crippen LogP contribution in [0.15, 0.2) is 12.1 Å². The van der Waals surface area contributed by atoms with E-state index in [1.807, 2.05) is 13.0 Å². The molecule has 90 valence electrons. The van der Waals surface area contributed by atoms with Gasteiger partial charge in [0.05, 0.1) is 25.2 Å². The van der Waals surface area contributed by atoms with Gasteiger partial charge in [0.25, 0.3) is 0 Å². The highest BCUT2D eigenvalue weighted by molar-refractivity contribution is 5.74. The number of rotatable bonds is 4. The Morgan fingerprint density at radius 1 is 1.47 bits per heavy atom. The molecule has 2 N–H and O–H groups in total. The zero-order valence-corrected chi connectivity index (χ0v) is 10.1. The van der Waals surface area contributed by atoms with Crippen molar-refractivity contribution in [2.75, 3.05) is 7.11 Å². The van der Waals surface area contributed by atoms with E-state index in [0.29, 0.717) is 17.7 Å². The minimum atomic E-state index is -0.349. The summed E-state index contributed by atoms with van der Waals surface area (Å²) in [4.78, 5) is 11.3. The number of aryl methyl sites for hydroxylation is 1. The van der Waals surface area contributed by atoms with E-state index in [1.54, 1.807) is 6.07 Å². The van der Waals surface area contributed by atoms with Crippen molar-refractivity contribution in [1.29, 1.82) is 5.26 Å². The fraction of sp³-hybridized carbons (Fsp3) is 0.385. The summed E-state index contributed by atoms with van der Waals surface area (Å²) >= 11 is 0. The molecular weight excluding hydrogens is 216 g/mol. The molecular formula is C13H16N2O2. The van der Waals surface area contributed by atoms with Crippen LogP contribution < -0.4 is 5.73 Å². The van der Waals surface area contributed by atoms with Crippen LogP contribution in [0.1, 0.15) is 29.2 Å². The Kier molecular flexibility index (Phi) is 4.68. The molecule has 0 aliphatic carbocycles. The Bertz CT molecular complexity index is 461. The standard InChI is InChI=1S/C13H16N2O2/c1-3-10-4-9(7-14)5-11(12(10)8-15)6-13(16)17-2/h4-5H,3,6-7,14H2,1-2H3. The molecule has 1 aromatic carbocycles. The first-order chi connectivity index (χ1) is 8.15. The molecule has 0 amide bonds. The Balaban J connectivity index is 3.25. The van der Waals surface area contributed by atoms with Crippen molar-refractivity contribution >= 4 is 5.97 Å². The Morgan fingerprint density at radius 3 is 2.59 bits per heavy atom. The highest BCUT2D eigenvalue weighted by Gasteiger charge is 2.12. The molecule has 0 atom stereocenters. The van der Waals surface area contributed by atoms with E-state index in [4.69, 9.17) is 11.0 Å². The lowest BCUT2D eigenvalue weighted by atomic mass is 9.95. The maximum atomic E-state index is 11.3. The van der Waals surface area contributed by atoms with Crippen LogP contribution in [0.4, 0.5) is 0 Å². The molecule has 0 bridgehead atoms. The van der Waals surface area contributed by atoms with Gasteiger partial charge in [0.15, 0.2) is 0 Å². The summed E-state index contributed by atoms with van der Waals surface area (Å²) < 4.78 is 4.62. The van der Waals surface area contributed by atoms with Crippen LogP contribution in [-0.4, -0.2) is 13.1 Å². The smallest absolute Gasteiger partial charge is 0.310 e. The number of carbonyl (C=O) groups excluding carboxylic acids is 1. The van der Waals surface area contributed by atoms with E-state index in [-0.39, 0.29) is 12.4 Å². The molecule has 17 heavy (non-hydrogen) atoms. The molecule has 1 rings (SSSR count). The number of hydrogen-bond acceptors (Lipinski definition) is 4. The fourth-order valence-corrected chi connectivity index (χ4v) is 1.75. The molecule has 4 heteroatoms. The average Bonchev–Trinajstić information content (AvgIpc) is 2.37. The number of hydrogen-bond donors (Lipinski definition) is 1. The molecule has 0 aliphatic heterocycles. The lowest BCUT2D eigenvalue weighted by Crippen LogP contribution is -2.09. The summed E-state index contributed by atoms with van der Waals surface area (Å²) in [7, 11) is 1.34. The first-order valence-corrected chi connectivity index (χ1v) is 5.47. The third-order valence-electron chi connectivity index (χ3n) is 2.65. The second-order valence-corrected chi connectivity index (χ2v) is 3.71. The van der Waals surface area contributed by atoms with Gasteiger partial charge < -0.3 is 10.5 Å². The van der Waals surface area contributed by atoms with Crippen molar-refractivity contribution in [2.24, 2.45) is 5.73 Å². The first-order valence-electron chi connectivity index (χ1n) is 5.47. The molecule has 1 aromatic rings. The van der Waals surface area contributed by atoms with E-state index in [9.17, 15) is 4.79 Å². The zero-order chi connectivity index (χ0) is 12.8. The Hall–Kier alpha value is -1.86. The van der Waals surface area contributed by atoms with Gasteiger partial charge in [-0.3, -0.25) is 4.79 Å². The molecule has 0 aliphatic rings. The molecule has 0 radical (unpaired) electrons. The van der Waals surface area contributed by atoms with Gasteiger partial charge in [0, 0.05) is 6.54 Å². The molecule has 0 saturated carbocycles. The molecule has 0 unspecified atom stereocenters. The van der Waals surface area contributed by atoms with Crippen molar-refractivity contribution in [3.8, 4) is 6.07 Å². The topological polar surface area (TPSA) is 76.1 Å². The second-order valence-electron chi connectivity index (χ2n) is 3.71. The van der Waals surface area contributed by atoms with Gasteiger partial charge in [-0.1, -0.05) is 19.1 Å². The van der Waals surface area contributed by atoms with E-state index in [0.717, 1.165) is 17.5 Å². The number of ether oxygens (including phenoxy) is 1. The van der Waals surface area contributed by atoms with Gasteiger partial charge in [-0.25, -0.2) is 0 Å². The quantitative estimate of drug-likeness (QED) is 0.794. The van der Waals surface area contributed by atoms with Gasteiger partial charge in [-0.05, 0) is 23.1 Å². The molecule has 4 nitrogen and oxygen atoms in total. The van der Waals surface area contributed by atoms with Crippen molar-refractivity contribution in [1.82, 2.24) is 0 Å². The van der Waals surface area contributed by atoms with Crippen LogP contribution in [0.25, 0.3) is 0 Å². The molecule has 0 heterocycles. The summed E-state index contributed by atoms with van der Waals surface area (Å²) in [5.74, 6) is -0.349. The number of esters is 1. The van der Waals surface area contributed by atoms with Gasteiger partial charge in [-0.2, -0.15) is 5.26 Å². The summed E-state index contributed by atoms with van der Waals surface area (Å²) in [6.45, 7) is 2.37. The highest BCUT2D eigenvalue weighted by Crippen LogP contribution is 2.19. The lowest BCUT2D eigenvalue weighted by Gasteiger charge is -2.10. The second kappa shape index (κ2) is 6.02. The summed E-state index contributed by atoms with van der Waals surface area (Å²) in [5.41, 5.74) is 8.71. The van der Waals surface area contributed by atoms with E-state index >= 15 is 0 Å². The van der Waals surface area contributed by atoms with Crippen molar-refractivity contribution in [3.63, 3.8) is 0 Å². The SMILES string of the molecule is CCc1cc(CN)cc(CC(=O)OC)c1C#N. The zero-order valence-electron chi connectivity index (χ0n) is 10.1. The fourth-order valence-electron chi connectivity index (χ4n) is 1.75. The van der Waals surface area contributed by atoms with Crippen LogP contribution in [0.3, 0.4) is 0 Å². The minimum Gasteiger partial charge on any atom is -0.469 e. The number of carbonyl (C=O) groups is 1. The van der Waals surface area contributed by atoms with Crippen LogP contribution in [0.2, 0.25) is 0 Å². The average molecular weight is 232 g/mol. The van der Waals surface area contributed by atoms with Gasteiger partial charge in [0.2, 0.25) is 0 Å². The number of nitrogens with zero attached hydrogens (tertiary/aromatic N) is 1. The van der Waals surface area contributed by atoms with Gasteiger partial charge >= 0.3 is 5.97 Å². The van der Waals surface area contributed by atoms with Crippen molar-refractivity contribution < 1.29 is 9.53 Å². The molecule has 0 fully saturated rings. The Morgan fingerprint density at radius 2 is 2.12 bits per heavy atom. The molecule has 0 saturated heterocycles. The third kappa shape index (κ3) is 3.05. The maximum absolute atomic E-state index is 11.3. The number of methoxy groups -OCH3 is 1. The van der Waals surface area contributed by atoms with Gasteiger partial charge in [0.1, 0.15) is 0 Å². The van der Waals surface area contributed by atoms with Crippen LogP contribution in [0.5, 0.6) is 0 Å². The minimum absolute atomic E-state index is 0.111. The van der Waals surface area contributed by atoms with Crippen LogP contribution in [-0.2, 0) is 28.9 Å². The molecule has 0 aromatic heterocycles. The predicted molar refractivity (Wildman–Crippen MR) is 64.1 cm³/mol. The highest BCUT2D eigenvalue weighted by atomic mass is 16.5.